The summed E-state index contributed by atoms with van der Waals surface area (Å²) in [7, 11) is 0. The lowest BCUT2D eigenvalue weighted by molar-refractivity contribution is -0.143. The van der Waals surface area contributed by atoms with Crippen LogP contribution in [0.25, 0.3) is 0 Å². The number of ether oxygens (including phenoxy) is 1. The van der Waals surface area contributed by atoms with Crippen LogP contribution in [-0.4, -0.2) is 77.9 Å². The summed E-state index contributed by atoms with van der Waals surface area (Å²) < 4.78 is 5.65. The smallest absolute Gasteiger partial charge is 0.320 e. The number of carbonyl (C=O) groups is 2. The summed E-state index contributed by atoms with van der Waals surface area (Å²) in [6, 6.07) is -0.588. The Hall–Kier alpha value is -1.34. The molecule has 0 aromatic carbocycles. The normalized spacial score (nSPS) is 28.4. The molecule has 21 heavy (non-hydrogen) atoms. The van der Waals surface area contributed by atoms with Crippen LogP contribution in [0.15, 0.2) is 0 Å². The van der Waals surface area contributed by atoms with E-state index < -0.39 is 12.0 Å². The Balaban J connectivity index is 1.74. The zero-order valence-electron chi connectivity index (χ0n) is 12.8. The number of piperazine rings is 1. The first-order valence-electron chi connectivity index (χ1n) is 7.55. The maximum atomic E-state index is 12.1. The van der Waals surface area contributed by atoms with E-state index in [1.165, 1.54) is 0 Å². The molecular weight excluding hydrogens is 274 g/mol. The van der Waals surface area contributed by atoms with E-state index in [1.54, 1.807) is 11.8 Å². The Kier molecular flexibility index (Phi) is 5.05. The first kappa shape index (κ1) is 16.0. The molecule has 7 nitrogen and oxygen atoms in total. The second-order valence-electron chi connectivity index (χ2n) is 6.10. The largest absolute Gasteiger partial charge is 0.480 e. The first-order chi connectivity index (χ1) is 9.91. The Morgan fingerprint density at radius 2 is 2.00 bits per heavy atom. The minimum atomic E-state index is -0.820. The van der Waals surface area contributed by atoms with Gasteiger partial charge in [-0.25, -0.2) is 4.79 Å². The van der Waals surface area contributed by atoms with E-state index in [-0.39, 0.29) is 11.6 Å². The van der Waals surface area contributed by atoms with Crippen molar-refractivity contribution in [2.45, 2.75) is 38.3 Å². The fraction of sp³-hybridized carbons (Fsp3) is 0.857. The fourth-order valence-corrected chi connectivity index (χ4v) is 2.82. The molecule has 2 aliphatic heterocycles. The number of nitrogens with zero attached hydrogens (tertiary/aromatic N) is 2. The van der Waals surface area contributed by atoms with Crippen LogP contribution in [0.3, 0.4) is 0 Å². The van der Waals surface area contributed by atoms with E-state index in [1.807, 2.05) is 11.8 Å². The summed E-state index contributed by atoms with van der Waals surface area (Å²) in [6.07, 6.45) is 2.01. The van der Waals surface area contributed by atoms with Crippen molar-refractivity contribution in [2.75, 3.05) is 39.3 Å². The summed E-state index contributed by atoms with van der Waals surface area (Å²) in [5.41, 5.74) is -0.241. The molecule has 120 valence electrons. The van der Waals surface area contributed by atoms with E-state index >= 15 is 0 Å². The van der Waals surface area contributed by atoms with Crippen LogP contribution in [0.5, 0.6) is 0 Å². The average molecular weight is 299 g/mol. The molecule has 0 spiro atoms. The van der Waals surface area contributed by atoms with Crippen LogP contribution in [0, 0.1) is 0 Å². The topological polar surface area (TPSA) is 82.1 Å². The van der Waals surface area contributed by atoms with Crippen LogP contribution in [0.2, 0.25) is 0 Å². The minimum Gasteiger partial charge on any atom is -0.480 e. The molecular formula is C14H25N3O4. The van der Waals surface area contributed by atoms with Crippen molar-refractivity contribution < 1.29 is 19.4 Å². The van der Waals surface area contributed by atoms with Gasteiger partial charge in [0.25, 0.3) is 0 Å². The van der Waals surface area contributed by atoms with E-state index in [9.17, 15) is 9.59 Å². The molecule has 2 saturated heterocycles. The third kappa shape index (κ3) is 4.07. The zero-order valence-corrected chi connectivity index (χ0v) is 12.8. The van der Waals surface area contributed by atoms with Crippen LogP contribution in [0.1, 0.15) is 26.7 Å². The van der Waals surface area contributed by atoms with Gasteiger partial charge in [0.05, 0.1) is 5.60 Å². The maximum Gasteiger partial charge on any atom is 0.320 e. The molecule has 2 unspecified atom stereocenters. The van der Waals surface area contributed by atoms with E-state index in [4.69, 9.17) is 9.84 Å². The molecule has 2 atom stereocenters. The van der Waals surface area contributed by atoms with Gasteiger partial charge in [-0.15, -0.1) is 0 Å². The van der Waals surface area contributed by atoms with Gasteiger partial charge >= 0.3 is 12.0 Å². The number of rotatable bonds is 4. The standard InChI is InChI=1S/C14H25N3O4/c1-11(12(18)19)16-5-7-17(8-6-16)13(20)15-10-14(2)4-3-9-21-14/h11H,3-10H2,1-2H3,(H,15,20)(H,18,19). The van der Waals surface area contributed by atoms with Gasteiger partial charge in [0, 0.05) is 39.3 Å². The van der Waals surface area contributed by atoms with Crippen molar-refractivity contribution in [1.82, 2.24) is 15.1 Å². The highest BCUT2D eigenvalue weighted by atomic mass is 16.5. The molecule has 2 aliphatic rings. The van der Waals surface area contributed by atoms with Crippen molar-refractivity contribution in [3.63, 3.8) is 0 Å². The highest BCUT2D eigenvalue weighted by molar-refractivity contribution is 5.75. The summed E-state index contributed by atoms with van der Waals surface area (Å²) in [5, 5.41) is 11.9. The lowest BCUT2D eigenvalue weighted by Gasteiger charge is -2.37. The Morgan fingerprint density at radius 3 is 2.52 bits per heavy atom. The number of hydrogen-bond donors (Lipinski definition) is 2. The van der Waals surface area contributed by atoms with Gasteiger partial charge in [0.15, 0.2) is 0 Å². The number of aliphatic carboxylic acids is 1. The highest BCUT2D eigenvalue weighted by Gasteiger charge is 2.32. The monoisotopic (exact) mass is 299 g/mol. The van der Waals surface area contributed by atoms with E-state index in [0.29, 0.717) is 32.7 Å². The molecule has 0 bridgehead atoms. The summed E-state index contributed by atoms with van der Waals surface area (Å²) in [6.45, 7) is 7.28. The quantitative estimate of drug-likeness (QED) is 0.783. The van der Waals surface area contributed by atoms with E-state index in [2.05, 4.69) is 5.32 Å². The summed E-state index contributed by atoms with van der Waals surface area (Å²) in [4.78, 5) is 26.7. The van der Waals surface area contributed by atoms with Crippen LogP contribution < -0.4 is 5.32 Å². The Morgan fingerprint density at radius 1 is 1.33 bits per heavy atom. The minimum absolute atomic E-state index is 0.0886. The molecule has 2 fully saturated rings. The van der Waals surface area contributed by atoms with Gasteiger partial charge in [0.1, 0.15) is 6.04 Å². The second-order valence-corrected chi connectivity index (χ2v) is 6.10. The predicted molar refractivity (Wildman–Crippen MR) is 77.2 cm³/mol. The molecule has 2 N–H and O–H groups in total. The lowest BCUT2D eigenvalue weighted by Crippen LogP contribution is -2.56. The Labute approximate surface area is 125 Å². The van der Waals surface area contributed by atoms with Crippen molar-refractivity contribution in [3.8, 4) is 0 Å². The number of carbonyl (C=O) groups excluding carboxylic acids is 1. The average Bonchev–Trinajstić information content (AvgIpc) is 2.91. The molecule has 2 rings (SSSR count). The number of hydrogen-bond acceptors (Lipinski definition) is 4. The van der Waals surface area contributed by atoms with Gasteiger partial charge in [-0.1, -0.05) is 0 Å². The summed E-state index contributed by atoms with van der Waals surface area (Å²) >= 11 is 0. The molecule has 0 radical (unpaired) electrons. The predicted octanol–water partition coefficient (Wildman–Crippen LogP) is 0.356. The van der Waals surface area contributed by atoms with Gasteiger partial charge in [-0.3, -0.25) is 9.69 Å². The summed E-state index contributed by atoms with van der Waals surface area (Å²) in [5.74, 6) is -0.820. The number of nitrogens with one attached hydrogen (secondary N) is 1. The zero-order chi connectivity index (χ0) is 15.5. The molecule has 7 heteroatoms. The van der Waals surface area contributed by atoms with Crippen molar-refractivity contribution in [1.29, 1.82) is 0 Å². The number of carboxylic acid groups (broad SMARTS) is 1. The van der Waals surface area contributed by atoms with Crippen LogP contribution in [0.4, 0.5) is 4.79 Å². The van der Waals surface area contributed by atoms with Crippen LogP contribution >= 0.6 is 0 Å². The van der Waals surface area contributed by atoms with Crippen molar-refractivity contribution in [2.24, 2.45) is 0 Å². The van der Waals surface area contributed by atoms with E-state index in [0.717, 1.165) is 19.4 Å². The molecule has 0 aromatic heterocycles. The fourth-order valence-electron chi connectivity index (χ4n) is 2.82. The number of urea groups is 1. The number of amides is 2. The molecule has 0 aromatic rings. The van der Waals surface area contributed by atoms with Gasteiger partial charge < -0.3 is 20.1 Å². The highest BCUT2D eigenvalue weighted by Crippen LogP contribution is 2.23. The molecule has 2 heterocycles. The second kappa shape index (κ2) is 6.62. The first-order valence-corrected chi connectivity index (χ1v) is 7.55. The molecule has 0 aliphatic carbocycles. The van der Waals surface area contributed by atoms with Gasteiger partial charge in [-0.05, 0) is 26.7 Å². The van der Waals surface area contributed by atoms with Gasteiger partial charge in [-0.2, -0.15) is 0 Å². The Bertz CT molecular complexity index is 388. The molecule has 0 saturated carbocycles. The van der Waals surface area contributed by atoms with Crippen LogP contribution in [-0.2, 0) is 9.53 Å². The lowest BCUT2D eigenvalue weighted by atomic mass is 10.0. The number of carboxylic acids is 1. The third-order valence-electron chi connectivity index (χ3n) is 4.42. The molecule has 2 amide bonds. The van der Waals surface area contributed by atoms with Gasteiger partial charge in [0.2, 0.25) is 0 Å². The third-order valence-corrected chi connectivity index (χ3v) is 4.42. The SMILES string of the molecule is CC(C(=O)O)N1CCN(C(=O)NCC2(C)CCCO2)CC1. The van der Waals surface area contributed by atoms with Crippen molar-refractivity contribution in [3.05, 3.63) is 0 Å². The maximum absolute atomic E-state index is 12.1. The van der Waals surface area contributed by atoms with Crippen molar-refractivity contribution >= 4 is 12.0 Å².